The number of halogens is 1. The summed E-state index contributed by atoms with van der Waals surface area (Å²) in [6, 6.07) is 3.96. The van der Waals surface area contributed by atoms with E-state index in [-0.39, 0.29) is 18.7 Å². The van der Waals surface area contributed by atoms with Crippen LogP contribution in [-0.4, -0.2) is 35.3 Å². The lowest BCUT2D eigenvalue weighted by Crippen LogP contribution is -2.38. The van der Waals surface area contributed by atoms with E-state index in [1.54, 1.807) is 0 Å². The fraction of sp³-hybridized carbons (Fsp3) is 0.429. The van der Waals surface area contributed by atoms with Crippen molar-refractivity contribution in [1.82, 2.24) is 4.90 Å². The van der Waals surface area contributed by atoms with Crippen LogP contribution >= 0.6 is 27.7 Å². The summed E-state index contributed by atoms with van der Waals surface area (Å²) in [5, 5.41) is 0.724. The first-order chi connectivity index (χ1) is 15.0. The Hall–Kier alpha value is -2.17. The topological polar surface area (TPSA) is 124 Å². The van der Waals surface area contributed by atoms with E-state index in [4.69, 9.17) is 31.7 Å². The molecule has 2 heterocycles. The highest BCUT2D eigenvalue weighted by Gasteiger charge is 2.32. The molecule has 1 aliphatic carbocycles. The minimum atomic E-state index is 0.117. The molecule has 1 saturated carbocycles. The van der Waals surface area contributed by atoms with Crippen molar-refractivity contribution >= 4 is 38.7 Å². The first kappa shape index (κ1) is 22.0. The maximum Gasteiger partial charge on any atom is 0.231 e. The van der Waals surface area contributed by atoms with E-state index in [0.717, 1.165) is 21.0 Å². The quantitative estimate of drug-likeness (QED) is 0.539. The average Bonchev–Trinajstić information content (AvgIpc) is 3.47. The monoisotopic (exact) mass is 506 g/mol. The molecule has 4 rings (SSSR count). The Labute approximate surface area is 194 Å². The third-order valence-electron chi connectivity index (χ3n) is 5.71. The van der Waals surface area contributed by atoms with Crippen molar-refractivity contribution in [2.75, 3.05) is 13.3 Å². The van der Waals surface area contributed by atoms with E-state index >= 15 is 0 Å². The largest absolute Gasteiger partial charge is 0.454 e. The van der Waals surface area contributed by atoms with E-state index in [0.29, 0.717) is 35.5 Å². The molecule has 1 fully saturated rings. The number of hydrogen-bond acceptors (Lipinski definition) is 8. The Bertz CT molecular complexity index is 953. The maximum absolute atomic E-state index is 6.52. The molecular weight excluding hydrogens is 480 g/mol. The summed E-state index contributed by atoms with van der Waals surface area (Å²) < 4.78 is 11.9. The molecule has 1 aromatic rings. The van der Waals surface area contributed by atoms with Gasteiger partial charge in [-0.05, 0) is 53.2 Å². The number of hydrogen-bond donors (Lipinski definition) is 3. The van der Waals surface area contributed by atoms with Crippen molar-refractivity contribution in [2.24, 2.45) is 33.1 Å². The molecule has 6 N–H and O–H groups in total. The van der Waals surface area contributed by atoms with Crippen LogP contribution in [0.2, 0.25) is 0 Å². The van der Waals surface area contributed by atoms with Gasteiger partial charge in [0.25, 0.3) is 0 Å². The third-order valence-corrected chi connectivity index (χ3v) is 7.68. The van der Waals surface area contributed by atoms with Gasteiger partial charge in [0.15, 0.2) is 22.5 Å². The van der Waals surface area contributed by atoms with Crippen LogP contribution in [0.1, 0.15) is 32.1 Å². The first-order valence-electron chi connectivity index (χ1n) is 10.3. The van der Waals surface area contributed by atoms with E-state index < -0.39 is 0 Å². The van der Waals surface area contributed by atoms with Crippen molar-refractivity contribution in [3.05, 3.63) is 40.9 Å². The lowest BCUT2D eigenvalue weighted by Gasteiger charge is -2.25. The number of aliphatic imine (C=N–C) groups is 2. The summed E-state index contributed by atoms with van der Waals surface area (Å²) in [6.07, 6.45) is 7.23. The van der Waals surface area contributed by atoms with Crippen molar-refractivity contribution in [1.29, 1.82) is 0 Å². The van der Waals surface area contributed by atoms with Crippen LogP contribution < -0.4 is 26.7 Å². The predicted octanol–water partition coefficient (Wildman–Crippen LogP) is 3.48. The number of nitrogens with zero attached hydrogens (tertiary/aromatic N) is 3. The van der Waals surface area contributed by atoms with Crippen molar-refractivity contribution in [3.63, 3.8) is 0 Å². The fourth-order valence-electron chi connectivity index (χ4n) is 4.09. The van der Waals surface area contributed by atoms with Gasteiger partial charge in [0, 0.05) is 28.2 Å². The molecule has 8 nitrogen and oxygen atoms in total. The van der Waals surface area contributed by atoms with Crippen molar-refractivity contribution in [3.8, 4) is 11.5 Å². The molecule has 0 bridgehead atoms. The Morgan fingerprint density at radius 3 is 2.71 bits per heavy atom. The Morgan fingerprint density at radius 1 is 1.32 bits per heavy atom. The molecule has 0 radical (unpaired) electrons. The molecule has 31 heavy (non-hydrogen) atoms. The van der Waals surface area contributed by atoms with Crippen LogP contribution in [0.3, 0.4) is 0 Å². The van der Waals surface area contributed by atoms with Crippen LogP contribution in [0, 0.1) is 5.92 Å². The SMILES string of the molecule is C=C/N=C1\C(=C(N)N)N=C(Sc2cc3c(cc2Br)OCO3)N1CCC(N)C1CCCC1. The summed E-state index contributed by atoms with van der Waals surface area (Å²) in [5.41, 5.74) is 18.8. The number of ether oxygens (including phenoxy) is 2. The highest BCUT2D eigenvalue weighted by Crippen LogP contribution is 2.42. The minimum Gasteiger partial charge on any atom is -0.454 e. The van der Waals surface area contributed by atoms with Gasteiger partial charge in [-0.15, -0.1) is 0 Å². The van der Waals surface area contributed by atoms with Crippen LogP contribution in [-0.2, 0) is 0 Å². The minimum absolute atomic E-state index is 0.117. The molecule has 10 heteroatoms. The van der Waals surface area contributed by atoms with Crippen LogP contribution in [0.25, 0.3) is 0 Å². The fourth-order valence-corrected chi connectivity index (χ4v) is 5.60. The second-order valence-electron chi connectivity index (χ2n) is 7.72. The van der Waals surface area contributed by atoms with Gasteiger partial charge in [-0.25, -0.2) is 9.98 Å². The molecule has 1 aromatic carbocycles. The molecule has 0 amide bonds. The average molecular weight is 507 g/mol. The number of benzene rings is 1. The molecule has 0 spiro atoms. The normalized spacial score (nSPS) is 20.5. The third kappa shape index (κ3) is 4.70. The van der Waals surface area contributed by atoms with Gasteiger partial charge in [-0.2, -0.15) is 0 Å². The Kier molecular flexibility index (Phi) is 6.78. The molecule has 3 aliphatic rings. The van der Waals surface area contributed by atoms with Crippen molar-refractivity contribution in [2.45, 2.75) is 43.0 Å². The van der Waals surface area contributed by atoms with Gasteiger partial charge in [0.1, 0.15) is 11.5 Å². The number of nitrogens with two attached hydrogens (primary N) is 3. The zero-order chi connectivity index (χ0) is 22.0. The standard InChI is InChI=1S/C21H27BrN6O2S/c1-2-26-20-18(19(24)25)27-21(28(20)8-7-14(23)12-5-3-4-6-12)31-17-10-16-15(9-13(17)22)29-11-30-16/h2,9-10,12,14H,1,3-8,11,23-25H2/b26-20+. The summed E-state index contributed by atoms with van der Waals surface area (Å²) in [6.45, 7) is 4.61. The van der Waals surface area contributed by atoms with Crippen molar-refractivity contribution < 1.29 is 9.47 Å². The van der Waals surface area contributed by atoms with Gasteiger partial charge in [0.05, 0.1) is 0 Å². The summed E-state index contributed by atoms with van der Waals surface area (Å²) in [4.78, 5) is 12.1. The van der Waals surface area contributed by atoms with E-state index in [9.17, 15) is 0 Å². The molecule has 1 atom stereocenters. The van der Waals surface area contributed by atoms with Gasteiger partial charge in [-0.1, -0.05) is 31.2 Å². The van der Waals surface area contributed by atoms with Crippen LogP contribution in [0.4, 0.5) is 0 Å². The van der Waals surface area contributed by atoms with Gasteiger partial charge >= 0.3 is 0 Å². The Morgan fingerprint density at radius 2 is 2.03 bits per heavy atom. The number of fused-ring (bicyclic) bond motifs is 1. The predicted molar refractivity (Wildman–Crippen MR) is 128 cm³/mol. The highest BCUT2D eigenvalue weighted by molar-refractivity contribution is 9.10. The highest BCUT2D eigenvalue weighted by atomic mass is 79.9. The number of amidine groups is 2. The lowest BCUT2D eigenvalue weighted by molar-refractivity contribution is 0.174. The van der Waals surface area contributed by atoms with Crippen LogP contribution in [0.15, 0.2) is 55.8 Å². The Balaban J connectivity index is 1.59. The number of rotatable bonds is 6. The molecule has 1 unspecified atom stereocenters. The van der Waals surface area contributed by atoms with E-state index in [1.165, 1.54) is 43.6 Å². The zero-order valence-electron chi connectivity index (χ0n) is 17.2. The van der Waals surface area contributed by atoms with Gasteiger partial charge < -0.3 is 31.6 Å². The molecular formula is C21H27BrN6O2S. The number of thioether (sulfide) groups is 1. The van der Waals surface area contributed by atoms with Crippen LogP contribution in [0.5, 0.6) is 11.5 Å². The smallest absolute Gasteiger partial charge is 0.231 e. The maximum atomic E-state index is 6.52. The van der Waals surface area contributed by atoms with E-state index in [2.05, 4.69) is 27.5 Å². The summed E-state index contributed by atoms with van der Waals surface area (Å²) in [7, 11) is 0. The molecule has 0 aromatic heterocycles. The first-order valence-corrected chi connectivity index (χ1v) is 11.9. The zero-order valence-corrected chi connectivity index (χ0v) is 19.6. The second kappa shape index (κ2) is 9.54. The lowest BCUT2D eigenvalue weighted by atomic mass is 9.96. The summed E-state index contributed by atoms with van der Waals surface area (Å²) in [5.74, 6) is 2.70. The van der Waals surface area contributed by atoms with Gasteiger partial charge in [0.2, 0.25) is 6.79 Å². The molecule has 2 aliphatic heterocycles. The second-order valence-corrected chi connectivity index (χ2v) is 9.58. The van der Waals surface area contributed by atoms with E-state index in [1.807, 2.05) is 17.0 Å². The molecule has 0 saturated heterocycles. The summed E-state index contributed by atoms with van der Waals surface area (Å²) >= 11 is 5.10. The molecule has 166 valence electrons. The van der Waals surface area contributed by atoms with Gasteiger partial charge in [-0.3, -0.25) is 0 Å².